The molecule has 12 heteroatoms. The Labute approximate surface area is 234 Å². The summed E-state index contributed by atoms with van der Waals surface area (Å²) in [7, 11) is 0. The third-order valence-corrected chi connectivity index (χ3v) is 7.06. The van der Waals surface area contributed by atoms with Gasteiger partial charge in [0.1, 0.15) is 17.7 Å². The maximum absolute atomic E-state index is 13.4. The molecule has 0 bridgehead atoms. The van der Waals surface area contributed by atoms with Crippen LogP contribution >= 0.6 is 0 Å². The predicted molar refractivity (Wildman–Crippen MR) is 149 cm³/mol. The van der Waals surface area contributed by atoms with Gasteiger partial charge in [0.15, 0.2) is 23.0 Å². The summed E-state index contributed by atoms with van der Waals surface area (Å²) in [6.45, 7) is 6.84. The largest absolute Gasteiger partial charge is 0.434 e. The van der Waals surface area contributed by atoms with Crippen molar-refractivity contribution in [3.05, 3.63) is 65.8 Å². The maximum Gasteiger partial charge on any atom is 0.434 e. The van der Waals surface area contributed by atoms with Gasteiger partial charge in [-0.1, -0.05) is 45.0 Å². The second-order valence-electron chi connectivity index (χ2n) is 10.7. The second kappa shape index (κ2) is 10.6. The first kappa shape index (κ1) is 26.9. The number of aromatic nitrogens is 8. The van der Waals surface area contributed by atoms with Crippen LogP contribution in [0, 0.1) is 5.92 Å². The molecule has 0 aliphatic heterocycles. The normalized spacial score (nSPS) is 13.8. The molecule has 1 fully saturated rings. The van der Waals surface area contributed by atoms with Crippen molar-refractivity contribution in [1.82, 2.24) is 39.5 Å². The summed E-state index contributed by atoms with van der Waals surface area (Å²) in [6, 6.07) is 7.35. The zero-order valence-electron chi connectivity index (χ0n) is 23.0. The summed E-state index contributed by atoms with van der Waals surface area (Å²) in [6.07, 6.45) is 2.70. The van der Waals surface area contributed by atoms with Crippen LogP contribution in [-0.4, -0.2) is 39.5 Å². The molecule has 0 unspecified atom stereocenters. The number of aromatic amines is 1. The van der Waals surface area contributed by atoms with Gasteiger partial charge < -0.3 is 14.9 Å². The van der Waals surface area contributed by atoms with Crippen molar-refractivity contribution in [3.63, 3.8) is 0 Å². The van der Waals surface area contributed by atoms with E-state index in [1.165, 1.54) is 0 Å². The molecule has 1 aliphatic carbocycles. The lowest BCUT2D eigenvalue weighted by atomic mass is 10.1. The zero-order valence-corrected chi connectivity index (χ0v) is 23.0. The van der Waals surface area contributed by atoms with E-state index in [4.69, 9.17) is 9.97 Å². The Bertz CT molecular complexity index is 1680. The van der Waals surface area contributed by atoms with E-state index in [9.17, 15) is 13.2 Å². The van der Waals surface area contributed by atoms with Crippen LogP contribution in [0.25, 0.3) is 33.9 Å². The molecule has 41 heavy (non-hydrogen) atoms. The Hall–Kier alpha value is -4.35. The molecule has 0 amide bonds. The predicted octanol–water partition coefficient (Wildman–Crippen LogP) is 6.40. The highest BCUT2D eigenvalue weighted by atomic mass is 19.4. The van der Waals surface area contributed by atoms with Crippen LogP contribution in [0.15, 0.2) is 43.1 Å². The maximum atomic E-state index is 13.4. The molecule has 0 spiro atoms. The average molecular weight is 562 g/mol. The van der Waals surface area contributed by atoms with Gasteiger partial charge in [0.05, 0.1) is 23.3 Å². The molecule has 2 N–H and O–H groups in total. The van der Waals surface area contributed by atoms with Crippen molar-refractivity contribution in [3.8, 4) is 22.8 Å². The molecular formula is C29H30F3N9. The highest BCUT2D eigenvalue weighted by molar-refractivity contribution is 5.85. The smallest absolute Gasteiger partial charge is 0.364 e. The van der Waals surface area contributed by atoms with E-state index >= 15 is 0 Å². The number of nitrogens with one attached hydrogen (secondary N) is 2. The van der Waals surface area contributed by atoms with Gasteiger partial charge in [-0.15, -0.1) is 0 Å². The first-order valence-electron chi connectivity index (χ1n) is 13.7. The Morgan fingerprint density at radius 3 is 2.51 bits per heavy atom. The molecule has 1 saturated carbocycles. The Morgan fingerprint density at radius 2 is 1.83 bits per heavy atom. The van der Waals surface area contributed by atoms with E-state index in [1.807, 2.05) is 26.0 Å². The van der Waals surface area contributed by atoms with Gasteiger partial charge in [-0.25, -0.2) is 29.9 Å². The molecular weight excluding hydrogens is 531 g/mol. The standard InChI is InChI=1S/C29H30F3N9/c1-4-20-22(23(18-9-10-18)35-14-34-20)25-39-26(24-27(40-25)37-15-36-24)33-11-17-5-7-19(8-6-17)28-38-21(29(30,31)32)13-41(28)12-16(2)3/h5-8,13-16,18H,4,9-12H2,1-3H3,(H2,33,36,37,39,40). The lowest BCUT2D eigenvalue weighted by Gasteiger charge is -2.13. The topological polar surface area (TPSA) is 110 Å². The van der Waals surface area contributed by atoms with Gasteiger partial charge in [0, 0.05) is 30.8 Å². The van der Waals surface area contributed by atoms with Crippen molar-refractivity contribution < 1.29 is 13.2 Å². The van der Waals surface area contributed by atoms with Crippen LogP contribution in [0.4, 0.5) is 19.0 Å². The number of alkyl halides is 3. The Balaban J connectivity index is 1.28. The van der Waals surface area contributed by atoms with Gasteiger partial charge in [-0.3, -0.25) is 0 Å². The number of fused-ring (bicyclic) bond motifs is 1. The van der Waals surface area contributed by atoms with Crippen LogP contribution in [0.3, 0.4) is 0 Å². The van der Waals surface area contributed by atoms with E-state index in [1.54, 1.807) is 29.4 Å². The van der Waals surface area contributed by atoms with Crippen molar-refractivity contribution in [2.24, 2.45) is 5.92 Å². The van der Waals surface area contributed by atoms with Crippen LogP contribution < -0.4 is 5.32 Å². The summed E-state index contributed by atoms with van der Waals surface area (Å²) >= 11 is 0. The molecule has 0 radical (unpaired) electrons. The minimum Gasteiger partial charge on any atom is -0.364 e. The minimum atomic E-state index is -4.50. The number of aryl methyl sites for hydroxylation is 1. The number of hydrogen-bond acceptors (Lipinski definition) is 7. The highest BCUT2D eigenvalue weighted by Crippen LogP contribution is 2.43. The number of nitrogens with zero attached hydrogens (tertiary/aromatic N) is 7. The van der Waals surface area contributed by atoms with Crippen LogP contribution in [0.1, 0.15) is 62.2 Å². The van der Waals surface area contributed by atoms with Gasteiger partial charge in [-0.2, -0.15) is 13.2 Å². The van der Waals surface area contributed by atoms with Gasteiger partial charge in [0.25, 0.3) is 0 Å². The lowest BCUT2D eigenvalue weighted by Crippen LogP contribution is -2.07. The number of H-pyrrole nitrogens is 1. The quantitative estimate of drug-likeness (QED) is 0.214. The molecule has 9 nitrogen and oxygen atoms in total. The van der Waals surface area contributed by atoms with Crippen molar-refractivity contribution in [2.45, 2.75) is 65.2 Å². The summed E-state index contributed by atoms with van der Waals surface area (Å²) in [5.41, 5.74) is 4.65. The number of benzene rings is 1. The molecule has 6 rings (SSSR count). The van der Waals surface area contributed by atoms with Crippen molar-refractivity contribution in [2.75, 3.05) is 5.32 Å². The average Bonchev–Trinajstić information content (AvgIpc) is 3.53. The SMILES string of the molecule is CCc1ncnc(C2CC2)c1-c1nc(NCc2ccc(-c3nc(C(F)(F)F)cn3CC(C)C)cc2)c2[nH]cnc2n1. The summed E-state index contributed by atoms with van der Waals surface area (Å²) in [4.78, 5) is 30.1. The third kappa shape index (κ3) is 5.50. The number of rotatable bonds is 9. The molecule has 1 aliphatic rings. The molecule has 0 atom stereocenters. The fourth-order valence-electron chi connectivity index (χ4n) is 4.96. The van der Waals surface area contributed by atoms with Crippen molar-refractivity contribution in [1.29, 1.82) is 0 Å². The number of imidazole rings is 2. The molecule has 4 heterocycles. The molecule has 212 valence electrons. The number of anilines is 1. The summed E-state index contributed by atoms with van der Waals surface area (Å²) in [5, 5.41) is 3.39. The Morgan fingerprint density at radius 1 is 1.05 bits per heavy atom. The fourth-order valence-corrected chi connectivity index (χ4v) is 4.96. The first-order chi connectivity index (χ1) is 19.7. The third-order valence-electron chi connectivity index (χ3n) is 7.06. The van der Waals surface area contributed by atoms with E-state index in [0.717, 1.165) is 48.0 Å². The van der Waals surface area contributed by atoms with E-state index in [2.05, 4.69) is 37.2 Å². The highest BCUT2D eigenvalue weighted by Gasteiger charge is 2.35. The summed E-state index contributed by atoms with van der Waals surface area (Å²) in [5.74, 6) is 2.00. The van der Waals surface area contributed by atoms with Crippen LogP contribution in [0.5, 0.6) is 0 Å². The van der Waals surface area contributed by atoms with E-state index < -0.39 is 11.9 Å². The lowest BCUT2D eigenvalue weighted by molar-refractivity contribution is -0.140. The summed E-state index contributed by atoms with van der Waals surface area (Å²) < 4.78 is 41.7. The van der Waals surface area contributed by atoms with E-state index in [0.29, 0.717) is 53.2 Å². The van der Waals surface area contributed by atoms with Crippen molar-refractivity contribution >= 4 is 17.0 Å². The first-order valence-corrected chi connectivity index (χ1v) is 13.7. The molecule has 1 aromatic carbocycles. The molecule has 4 aromatic heterocycles. The van der Waals surface area contributed by atoms with Gasteiger partial charge >= 0.3 is 6.18 Å². The number of hydrogen-bond donors (Lipinski definition) is 2. The number of halogens is 3. The molecule has 0 saturated heterocycles. The van der Waals surface area contributed by atoms with Gasteiger partial charge in [-0.05, 0) is 30.7 Å². The second-order valence-corrected chi connectivity index (χ2v) is 10.7. The van der Waals surface area contributed by atoms with Crippen LogP contribution in [-0.2, 0) is 25.7 Å². The van der Waals surface area contributed by atoms with E-state index in [-0.39, 0.29) is 5.92 Å². The Kier molecular flexibility index (Phi) is 6.92. The molecule has 5 aromatic rings. The van der Waals surface area contributed by atoms with Gasteiger partial charge in [0.2, 0.25) is 0 Å². The zero-order chi connectivity index (χ0) is 28.7. The monoisotopic (exact) mass is 561 g/mol. The fraction of sp³-hybridized carbons (Fsp3) is 0.379. The minimum absolute atomic E-state index is 0.167. The van der Waals surface area contributed by atoms with Crippen LogP contribution in [0.2, 0.25) is 0 Å².